The van der Waals surface area contributed by atoms with Crippen molar-refractivity contribution < 1.29 is 14.6 Å². The van der Waals surface area contributed by atoms with Crippen molar-refractivity contribution in [2.45, 2.75) is 39.3 Å². The molecule has 2 rings (SSSR count). The molecular weight excluding hydrogens is 457 g/mol. The number of benzene rings is 1. The van der Waals surface area contributed by atoms with Crippen molar-refractivity contribution in [2.24, 2.45) is 10.9 Å². The molecule has 1 fully saturated rings. The molecule has 0 aliphatic heterocycles. The molecule has 0 heterocycles. The van der Waals surface area contributed by atoms with Gasteiger partial charge in [0.15, 0.2) is 5.96 Å². The lowest BCUT2D eigenvalue weighted by molar-refractivity contribution is 0.0367. The molecular formula is C20H34IN3O3. The van der Waals surface area contributed by atoms with Crippen LogP contribution in [-0.2, 0) is 11.3 Å². The van der Waals surface area contributed by atoms with Crippen LogP contribution in [0.2, 0.25) is 0 Å². The van der Waals surface area contributed by atoms with E-state index < -0.39 is 6.10 Å². The Morgan fingerprint density at radius 1 is 1.30 bits per heavy atom. The number of aliphatic hydroxyl groups excluding tert-OH is 1. The smallest absolute Gasteiger partial charge is 0.194 e. The van der Waals surface area contributed by atoms with Crippen LogP contribution < -0.4 is 10.1 Å². The minimum Gasteiger partial charge on any atom is -0.494 e. The molecule has 0 saturated heterocycles. The summed E-state index contributed by atoms with van der Waals surface area (Å²) >= 11 is 0. The van der Waals surface area contributed by atoms with E-state index in [2.05, 4.69) is 27.3 Å². The van der Waals surface area contributed by atoms with Gasteiger partial charge < -0.3 is 24.8 Å². The van der Waals surface area contributed by atoms with Crippen LogP contribution in [0.4, 0.5) is 0 Å². The normalized spacial score (nSPS) is 15.0. The van der Waals surface area contributed by atoms with Gasteiger partial charge in [-0.3, -0.25) is 4.99 Å². The second-order valence-corrected chi connectivity index (χ2v) is 6.76. The molecule has 7 heteroatoms. The van der Waals surface area contributed by atoms with Crippen LogP contribution in [0, 0.1) is 5.92 Å². The first kappa shape index (κ1) is 24.0. The summed E-state index contributed by atoms with van der Waals surface area (Å²) in [4.78, 5) is 6.60. The molecule has 0 spiro atoms. The van der Waals surface area contributed by atoms with Gasteiger partial charge in [0.2, 0.25) is 0 Å². The van der Waals surface area contributed by atoms with E-state index in [0.717, 1.165) is 31.4 Å². The summed E-state index contributed by atoms with van der Waals surface area (Å²) < 4.78 is 11.0. The zero-order valence-electron chi connectivity index (χ0n) is 16.7. The van der Waals surface area contributed by atoms with Crippen molar-refractivity contribution in [3.63, 3.8) is 0 Å². The van der Waals surface area contributed by atoms with Crippen molar-refractivity contribution in [3.05, 3.63) is 29.8 Å². The molecule has 1 saturated carbocycles. The molecule has 2 N–H and O–H groups in total. The number of ether oxygens (including phenoxy) is 2. The van der Waals surface area contributed by atoms with Crippen LogP contribution in [0.25, 0.3) is 0 Å². The Labute approximate surface area is 180 Å². The molecule has 1 aliphatic carbocycles. The van der Waals surface area contributed by atoms with E-state index in [1.165, 1.54) is 18.4 Å². The van der Waals surface area contributed by atoms with E-state index in [0.29, 0.717) is 25.7 Å². The maximum Gasteiger partial charge on any atom is 0.194 e. The first-order valence-corrected chi connectivity index (χ1v) is 9.59. The van der Waals surface area contributed by atoms with Crippen LogP contribution in [0.15, 0.2) is 29.3 Å². The number of hydrogen-bond donors (Lipinski definition) is 2. The number of aliphatic imine (C=N–C) groups is 1. The van der Waals surface area contributed by atoms with Crippen LogP contribution >= 0.6 is 24.0 Å². The average Bonchev–Trinajstić information content (AvgIpc) is 3.45. The number of aliphatic hydroxyl groups is 1. The highest BCUT2D eigenvalue weighted by atomic mass is 127. The second kappa shape index (κ2) is 13.2. The molecule has 1 unspecified atom stereocenters. The third kappa shape index (κ3) is 9.62. The van der Waals surface area contributed by atoms with E-state index in [9.17, 15) is 5.11 Å². The molecule has 1 aliphatic rings. The van der Waals surface area contributed by atoms with Crippen molar-refractivity contribution in [3.8, 4) is 5.75 Å². The van der Waals surface area contributed by atoms with Gasteiger partial charge in [0.25, 0.3) is 0 Å². The number of guanidine groups is 1. The zero-order chi connectivity index (χ0) is 18.8. The quantitative estimate of drug-likeness (QED) is 0.283. The molecule has 0 aromatic heterocycles. The number of rotatable bonds is 11. The Bertz CT molecular complexity index is 550. The number of nitrogens with one attached hydrogen (secondary N) is 1. The first-order valence-electron chi connectivity index (χ1n) is 9.59. The fourth-order valence-corrected chi connectivity index (χ4v) is 2.58. The van der Waals surface area contributed by atoms with Crippen molar-refractivity contribution in [1.82, 2.24) is 10.2 Å². The zero-order valence-corrected chi connectivity index (χ0v) is 19.0. The summed E-state index contributed by atoms with van der Waals surface area (Å²) in [5, 5.41) is 13.3. The predicted molar refractivity (Wildman–Crippen MR) is 120 cm³/mol. The molecule has 0 bridgehead atoms. The van der Waals surface area contributed by atoms with Gasteiger partial charge in [-0.1, -0.05) is 12.1 Å². The lowest BCUT2D eigenvalue weighted by atomic mass is 10.2. The van der Waals surface area contributed by atoms with Crippen LogP contribution in [-0.4, -0.2) is 62.0 Å². The Morgan fingerprint density at radius 3 is 2.59 bits per heavy atom. The highest BCUT2D eigenvalue weighted by Gasteiger charge is 2.21. The molecule has 1 aromatic rings. The second-order valence-electron chi connectivity index (χ2n) is 6.76. The number of nitrogens with zero attached hydrogens (tertiary/aromatic N) is 2. The SMILES string of the molecule is CCNC(=NCC(O)COCC1CC1)N(C)Cc1ccc(OCC)cc1.I. The monoisotopic (exact) mass is 491 g/mol. The molecule has 0 radical (unpaired) electrons. The lowest BCUT2D eigenvalue weighted by Crippen LogP contribution is -2.39. The molecule has 1 atom stereocenters. The van der Waals surface area contributed by atoms with E-state index in [4.69, 9.17) is 9.47 Å². The average molecular weight is 491 g/mol. The maximum absolute atomic E-state index is 10.1. The largest absolute Gasteiger partial charge is 0.494 e. The third-order valence-corrected chi connectivity index (χ3v) is 4.16. The van der Waals surface area contributed by atoms with Crippen molar-refractivity contribution in [2.75, 3.05) is 40.0 Å². The van der Waals surface area contributed by atoms with E-state index in [-0.39, 0.29) is 24.0 Å². The van der Waals surface area contributed by atoms with Gasteiger partial charge >= 0.3 is 0 Å². The summed E-state index contributed by atoms with van der Waals surface area (Å²) in [6, 6.07) is 8.09. The Hall–Kier alpha value is -1.06. The highest BCUT2D eigenvalue weighted by molar-refractivity contribution is 14.0. The minimum atomic E-state index is -0.568. The Morgan fingerprint density at radius 2 is 2.00 bits per heavy atom. The summed E-state index contributed by atoms with van der Waals surface area (Å²) in [5.41, 5.74) is 1.18. The van der Waals surface area contributed by atoms with Crippen LogP contribution in [0.1, 0.15) is 32.3 Å². The van der Waals surface area contributed by atoms with Gasteiger partial charge in [-0.05, 0) is 50.3 Å². The maximum atomic E-state index is 10.1. The molecule has 0 amide bonds. The standard InChI is InChI=1S/C20H33N3O3.HI/c1-4-21-20(22-12-18(24)15-25-14-17-6-7-17)23(3)13-16-8-10-19(11-9-16)26-5-2;/h8-11,17-18,24H,4-7,12-15H2,1-3H3,(H,21,22);1H. The minimum absolute atomic E-state index is 0. The highest BCUT2D eigenvalue weighted by Crippen LogP contribution is 2.28. The molecule has 154 valence electrons. The number of hydrogen-bond acceptors (Lipinski definition) is 4. The van der Waals surface area contributed by atoms with Gasteiger partial charge in [0, 0.05) is 26.7 Å². The third-order valence-electron chi connectivity index (χ3n) is 4.16. The summed E-state index contributed by atoms with van der Waals surface area (Å²) in [7, 11) is 1.99. The Balaban J connectivity index is 0.00000364. The molecule has 1 aromatic carbocycles. The fourth-order valence-electron chi connectivity index (χ4n) is 2.58. The fraction of sp³-hybridized carbons (Fsp3) is 0.650. The number of halogens is 1. The summed E-state index contributed by atoms with van der Waals surface area (Å²) in [5.74, 6) is 2.37. The molecule has 27 heavy (non-hydrogen) atoms. The molecule has 6 nitrogen and oxygen atoms in total. The van der Waals surface area contributed by atoms with Crippen LogP contribution in [0.5, 0.6) is 5.75 Å². The summed E-state index contributed by atoms with van der Waals surface area (Å²) in [6.45, 7) is 7.64. The van der Waals surface area contributed by atoms with Gasteiger partial charge in [0.1, 0.15) is 5.75 Å². The van der Waals surface area contributed by atoms with Crippen LogP contribution in [0.3, 0.4) is 0 Å². The van der Waals surface area contributed by atoms with Gasteiger partial charge in [0.05, 0.1) is 25.9 Å². The summed E-state index contributed by atoms with van der Waals surface area (Å²) in [6.07, 6.45) is 1.95. The van der Waals surface area contributed by atoms with E-state index in [1.54, 1.807) is 0 Å². The lowest BCUT2D eigenvalue weighted by Gasteiger charge is -2.22. The Kier molecular flexibility index (Phi) is 11.7. The topological polar surface area (TPSA) is 66.3 Å². The predicted octanol–water partition coefficient (Wildman–Crippen LogP) is 2.89. The van der Waals surface area contributed by atoms with Crippen molar-refractivity contribution >= 4 is 29.9 Å². The van der Waals surface area contributed by atoms with E-state index >= 15 is 0 Å². The van der Waals surface area contributed by atoms with Gasteiger partial charge in [-0.15, -0.1) is 24.0 Å². The first-order chi connectivity index (χ1) is 12.6. The van der Waals surface area contributed by atoms with Gasteiger partial charge in [-0.2, -0.15) is 0 Å². The van der Waals surface area contributed by atoms with Crippen molar-refractivity contribution in [1.29, 1.82) is 0 Å². The van der Waals surface area contributed by atoms with Gasteiger partial charge in [-0.25, -0.2) is 0 Å². The van der Waals surface area contributed by atoms with E-state index in [1.807, 2.05) is 33.0 Å².